The molecule has 0 atom stereocenters. The molecule has 0 heterocycles. The van der Waals surface area contributed by atoms with Gasteiger partial charge in [-0.25, -0.2) is 0 Å². The van der Waals surface area contributed by atoms with Gasteiger partial charge in [0, 0.05) is 0 Å². The largest absolute Gasteiger partial charge is 0.530 e. The molecular formula is C18H3Cl12O6P. The van der Waals surface area contributed by atoms with Gasteiger partial charge in [-0.2, -0.15) is 0 Å². The number of aromatic hydroxyl groups is 3. The van der Waals surface area contributed by atoms with E-state index in [1.54, 1.807) is 0 Å². The van der Waals surface area contributed by atoms with Crippen LogP contribution in [-0.2, 0) is 0 Å². The van der Waals surface area contributed by atoms with Gasteiger partial charge in [-0.05, 0) is 0 Å². The maximum atomic E-state index is 10.5. The van der Waals surface area contributed by atoms with Gasteiger partial charge in [0.25, 0.3) is 0 Å². The third-order valence-electron chi connectivity index (χ3n) is 4.10. The number of halogens is 12. The van der Waals surface area contributed by atoms with Crippen molar-refractivity contribution >= 4 is 148 Å². The minimum atomic E-state index is -3.00. The fourth-order valence-corrected chi connectivity index (χ4v) is 6.17. The first-order valence-corrected chi connectivity index (χ1v) is 14.2. The van der Waals surface area contributed by atoms with Crippen molar-refractivity contribution in [3.8, 4) is 34.5 Å². The van der Waals surface area contributed by atoms with E-state index in [1.165, 1.54) is 0 Å². The van der Waals surface area contributed by atoms with Crippen LogP contribution in [0.5, 0.6) is 34.5 Å². The van der Waals surface area contributed by atoms with Crippen LogP contribution in [0.3, 0.4) is 0 Å². The van der Waals surface area contributed by atoms with Gasteiger partial charge in [0.05, 0.1) is 30.1 Å². The van der Waals surface area contributed by atoms with Gasteiger partial charge in [0.2, 0.25) is 0 Å². The van der Waals surface area contributed by atoms with Crippen molar-refractivity contribution in [2.24, 2.45) is 0 Å². The second-order valence-corrected chi connectivity index (χ2v) is 11.8. The van der Waals surface area contributed by atoms with Crippen LogP contribution >= 0.6 is 148 Å². The predicted molar refractivity (Wildman–Crippen MR) is 153 cm³/mol. The highest BCUT2D eigenvalue weighted by molar-refractivity contribution is 7.43. The SMILES string of the molecule is Oc1c(Cl)c(Cl)c(Cl)c(Cl)c1OP(Oc1c(O)c(Cl)c(Cl)c(Cl)c1Cl)Oc1c(O)c(Cl)c(Cl)c(Cl)c1Cl. The summed E-state index contributed by atoms with van der Waals surface area (Å²) in [6, 6.07) is 0. The third-order valence-corrected chi connectivity index (χ3v) is 10.4. The second kappa shape index (κ2) is 12.5. The van der Waals surface area contributed by atoms with Crippen LogP contribution in [0.2, 0.25) is 60.3 Å². The molecule has 0 fully saturated rings. The zero-order valence-electron chi connectivity index (χ0n) is 16.5. The van der Waals surface area contributed by atoms with E-state index in [1.807, 2.05) is 0 Å². The summed E-state index contributed by atoms with van der Waals surface area (Å²) < 4.78 is 16.7. The fraction of sp³-hybridized carbons (Fsp3) is 0. The molecule has 0 spiro atoms. The first-order valence-electron chi connectivity index (χ1n) is 8.60. The molecule has 0 saturated carbocycles. The molecule has 0 aliphatic heterocycles. The topological polar surface area (TPSA) is 88.4 Å². The van der Waals surface area contributed by atoms with Gasteiger partial charge in [0.1, 0.15) is 30.1 Å². The van der Waals surface area contributed by atoms with E-state index in [-0.39, 0.29) is 30.1 Å². The first-order chi connectivity index (χ1) is 17.1. The Morgan fingerprint density at radius 1 is 0.324 bits per heavy atom. The lowest BCUT2D eigenvalue weighted by molar-refractivity contribution is 0.352. The van der Waals surface area contributed by atoms with Crippen LogP contribution in [0.25, 0.3) is 0 Å². The summed E-state index contributed by atoms with van der Waals surface area (Å²) in [6.07, 6.45) is 0. The number of hydrogen-bond acceptors (Lipinski definition) is 6. The molecule has 3 N–H and O–H groups in total. The number of phenolic OH excluding ortho intramolecular Hbond substituents is 3. The molecule has 3 aromatic rings. The molecule has 0 aliphatic carbocycles. The Morgan fingerprint density at radius 2 is 0.514 bits per heavy atom. The van der Waals surface area contributed by atoms with Crippen molar-refractivity contribution in [3.63, 3.8) is 0 Å². The van der Waals surface area contributed by atoms with Crippen LogP contribution in [-0.4, -0.2) is 15.3 Å². The number of benzene rings is 3. The van der Waals surface area contributed by atoms with Crippen molar-refractivity contribution in [2.45, 2.75) is 0 Å². The smallest absolute Gasteiger partial charge is 0.503 e. The van der Waals surface area contributed by atoms with Gasteiger partial charge in [-0.1, -0.05) is 139 Å². The second-order valence-electron chi connectivity index (χ2n) is 6.30. The van der Waals surface area contributed by atoms with Crippen LogP contribution in [0, 0.1) is 0 Å². The highest BCUT2D eigenvalue weighted by Gasteiger charge is 2.34. The van der Waals surface area contributed by atoms with E-state index in [4.69, 9.17) is 153 Å². The molecule has 0 bridgehead atoms. The average Bonchev–Trinajstić information content (AvgIpc) is 2.88. The van der Waals surface area contributed by atoms with Crippen LogP contribution in [0.4, 0.5) is 0 Å². The Bertz CT molecular complexity index is 1180. The summed E-state index contributed by atoms with van der Waals surface area (Å²) in [4.78, 5) is 0. The number of rotatable bonds is 6. The van der Waals surface area contributed by atoms with Gasteiger partial charge in [-0.15, -0.1) is 0 Å². The van der Waals surface area contributed by atoms with Crippen molar-refractivity contribution in [3.05, 3.63) is 60.3 Å². The first kappa shape index (κ1) is 31.9. The van der Waals surface area contributed by atoms with Crippen molar-refractivity contribution < 1.29 is 28.9 Å². The lowest BCUT2D eigenvalue weighted by atomic mass is 10.3. The maximum absolute atomic E-state index is 10.5. The quantitative estimate of drug-likeness (QED) is 0.131. The van der Waals surface area contributed by atoms with Crippen LogP contribution in [0.15, 0.2) is 0 Å². The molecule has 19 heteroatoms. The van der Waals surface area contributed by atoms with Gasteiger partial charge < -0.3 is 28.9 Å². The van der Waals surface area contributed by atoms with E-state index < -0.39 is 73.2 Å². The lowest BCUT2D eigenvalue weighted by Gasteiger charge is -2.22. The van der Waals surface area contributed by atoms with Gasteiger partial charge in [0.15, 0.2) is 34.5 Å². The molecule has 3 rings (SSSR count). The van der Waals surface area contributed by atoms with E-state index in [2.05, 4.69) is 0 Å². The minimum Gasteiger partial charge on any atom is -0.503 e. The monoisotopic (exact) mass is 766 g/mol. The summed E-state index contributed by atoms with van der Waals surface area (Å²) >= 11 is 72.4. The molecule has 0 aromatic heterocycles. The molecule has 6 nitrogen and oxygen atoms in total. The predicted octanol–water partition coefficient (Wildman–Crippen LogP) is 12.4. The molecular weight excluding hydrogens is 769 g/mol. The summed E-state index contributed by atoms with van der Waals surface area (Å²) in [5.74, 6) is -4.16. The number of phenols is 3. The number of hydrogen-bond donors (Lipinski definition) is 3. The standard InChI is InChI=1S/C18H3Cl12O6P/c19-1-4(22)10(28)16(13(31)7(1)25)34-37(35-17-11(29)5(23)2(20)8(26)14(17)32)36-18-12(30)6(24)3(21)9(27)15(18)33/h31-33H. The molecule has 0 radical (unpaired) electrons. The van der Waals surface area contributed by atoms with Crippen molar-refractivity contribution in [2.75, 3.05) is 0 Å². The summed E-state index contributed by atoms with van der Waals surface area (Å²) in [5.41, 5.74) is 0. The Morgan fingerprint density at radius 3 is 0.730 bits per heavy atom. The molecule has 3 aromatic carbocycles. The molecule has 0 aliphatic rings. The average molecular weight is 772 g/mol. The Kier molecular flexibility index (Phi) is 10.8. The van der Waals surface area contributed by atoms with Crippen molar-refractivity contribution in [1.29, 1.82) is 0 Å². The Balaban J connectivity index is 2.22. The van der Waals surface area contributed by atoms with E-state index in [0.717, 1.165) is 0 Å². The Labute approximate surface area is 269 Å². The van der Waals surface area contributed by atoms with Crippen LogP contribution < -0.4 is 13.6 Å². The highest BCUT2D eigenvalue weighted by atomic mass is 35.5. The normalized spacial score (nSPS) is 11.3. The summed E-state index contributed by atoms with van der Waals surface area (Å²) in [7, 11) is -3.00. The maximum Gasteiger partial charge on any atom is 0.530 e. The summed E-state index contributed by atoms with van der Waals surface area (Å²) in [6.45, 7) is 0. The molecule has 0 amide bonds. The fourth-order valence-electron chi connectivity index (χ4n) is 2.33. The van der Waals surface area contributed by atoms with E-state index in [0.29, 0.717) is 0 Å². The molecule has 0 unspecified atom stereocenters. The highest BCUT2D eigenvalue weighted by Crippen LogP contribution is 2.60. The van der Waals surface area contributed by atoms with E-state index >= 15 is 0 Å². The third kappa shape index (κ3) is 6.04. The zero-order valence-corrected chi connectivity index (χ0v) is 26.5. The minimum absolute atomic E-state index is 0.293. The Hall–Kier alpha value is 0.370. The van der Waals surface area contributed by atoms with Gasteiger partial charge >= 0.3 is 8.60 Å². The summed E-state index contributed by atoms with van der Waals surface area (Å²) in [5, 5.41) is 27.0. The molecule has 200 valence electrons. The molecule has 37 heavy (non-hydrogen) atoms. The van der Waals surface area contributed by atoms with Crippen LogP contribution in [0.1, 0.15) is 0 Å². The van der Waals surface area contributed by atoms with E-state index in [9.17, 15) is 15.3 Å². The van der Waals surface area contributed by atoms with Crippen molar-refractivity contribution in [1.82, 2.24) is 0 Å². The molecule has 0 saturated heterocycles. The zero-order chi connectivity index (χ0) is 28.1. The van der Waals surface area contributed by atoms with Gasteiger partial charge in [-0.3, -0.25) is 0 Å². The lowest BCUT2D eigenvalue weighted by Crippen LogP contribution is -2.05.